The first-order valence-corrected chi connectivity index (χ1v) is 9.27. The van der Waals surface area contributed by atoms with Crippen molar-refractivity contribution in [3.8, 4) is 39.5 Å². The second kappa shape index (κ2) is 7.36. The lowest BCUT2D eigenvalue weighted by Gasteiger charge is -2.11. The van der Waals surface area contributed by atoms with E-state index in [9.17, 15) is 15.0 Å². The van der Waals surface area contributed by atoms with Crippen LogP contribution in [0.4, 0.5) is 0 Å². The summed E-state index contributed by atoms with van der Waals surface area (Å²) in [6.45, 7) is 3.74. The van der Waals surface area contributed by atoms with E-state index in [0.29, 0.717) is 16.9 Å². The van der Waals surface area contributed by atoms with Gasteiger partial charge in [0.2, 0.25) is 5.43 Å². The zero-order valence-corrected chi connectivity index (χ0v) is 16.0. The van der Waals surface area contributed by atoms with Crippen LogP contribution in [0.3, 0.4) is 0 Å². The molecule has 5 heteroatoms. The minimum Gasteiger partial charge on any atom is -0.508 e. The minimum atomic E-state index is -0.251. The molecular formula is C24H20O5. The van der Waals surface area contributed by atoms with Gasteiger partial charge in [-0.2, -0.15) is 0 Å². The van der Waals surface area contributed by atoms with E-state index in [1.165, 1.54) is 12.3 Å². The molecule has 3 aromatic carbocycles. The first-order valence-electron chi connectivity index (χ1n) is 9.27. The van der Waals surface area contributed by atoms with E-state index < -0.39 is 0 Å². The molecule has 0 spiro atoms. The third-order valence-corrected chi connectivity index (χ3v) is 4.57. The van der Waals surface area contributed by atoms with Gasteiger partial charge in [0, 0.05) is 6.07 Å². The van der Waals surface area contributed by atoms with Crippen molar-refractivity contribution in [1.29, 1.82) is 0 Å². The van der Waals surface area contributed by atoms with Crippen LogP contribution in [-0.4, -0.2) is 16.3 Å². The fourth-order valence-electron chi connectivity index (χ4n) is 3.26. The monoisotopic (exact) mass is 388 g/mol. The van der Waals surface area contributed by atoms with Crippen molar-refractivity contribution >= 4 is 11.0 Å². The molecule has 29 heavy (non-hydrogen) atoms. The number of phenolic OH excluding ortho intramolecular Hbond substituents is 2. The number of aromatic hydroxyl groups is 2. The van der Waals surface area contributed by atoms with Crippen LogP contribution in [0.15, 0.2) is 76.1 Å². The zero-order chi connectivity index (χ0) is 20.5. The second-order valence-electron chi connectivity index (χ2n) is 7.09. The van der Waals surface area contributed by atoms with E-state index in [4.69, 9.17) is 9.15 Å². The molecule has 1 heterocycles. The Morgan fingerprint density at radius 2 is 1.62 bits per heavy atom. The van der Waals surface area contributed by atoms with Crippen LogP contribution >= 0.6 is 0 Å². The molecule has 0 radical (unpaired) electrons. The van der Waals surface area contributed by atoms with Crippen LogP contribution < -0.4 is 10.2 Å². The summed E-state index contributed by atoms with van der Waals surface area (Å²) >= 11 is 0. The highest BCUT2D eigenvalue weighted by atomic mass is 16.5. The van der Waals surface area contributed by atoms with Crippen LogP contribution in [-0.2, 0) is 0 Å². The Morgan fingerprint density at radius 1 is 0.897 bits per heavy atom. The zero-order valence-electron chi connectivity index (χ0n) is 16.0. The summed E-state index contributed by atoms with van der Waals surface area (Å²) in [5, 5.41) is 20.0. The smallest absolute Gasteiger partial charge is 0.200 e. The van der Waals surface area contributed by atoms with Crippen molar-refractivity contribution in [3.05, 3.63) is 77.2 Å². The Kier molecular flexibility index (Phi) is 4.72. The molecule has 0 unspecified atom stereocenters. The Bertz CT molecular complexity index is 1240. The second-order valence-corrected chi connectivity index (χ2v) is 7.09. The normalized spacial score (nSPS) is 11.1. The highest BCUT2D eigenvalue weighted by Gasteiger charge is 2.15. The maximum absolute atomic E-state index is 13.2. The van der Waals surface area contributed by atoms with Gasteiger partial charge in [0.1, 0.15) is 17.8 Å². The fourth-order valence-corrected chi connectivity index (χ4v) is 3.26. The summed E-state index contributed by atoms with van der Waals surface area (Å²) < 4.78 is 11.2. The van der Waals surface area contributed by atoms with Crippen LogP contribution in [0.1, 0.15) is 13.8 Å². The van der Waals surface area contributed by atoms with Gasteiger partial charge < -0.3 is 19.4 Å². The van der Waals surface area contributed by atoms with E-state index in [0.717, 1.165) is 11.1 Å². The lowest BCUT2D eigenvalue weighted by molar-refractivity contribution is 0.241. The van der Waals surface area contributed by atoms with Gasteiger partial charge in [-0.05, 0) is 54.8 Å². The first kappa shape index (κ1) is 18.6. The molecule has 1 aromatic heterocycles. The molecule has 0 saturated carbocycles. The molecule has 146 valence electrons. The molecule has 0 aliphatic carbocycles. The van der Waals surface area contributed by atoms with Gasteiger partial charge in [-0.1, -0.05) is 30.3 Å². The lowest BCUT2D eigenvalue weighted by Crippen LogP contribution is -2.08. The van der Waals surface area contributed by atoms with Gasteiger partial charge in [0.05, 0.1) is 17.1 Å². The fraction of sp³-hybridized carbons (Fsp3) is 0.125. The molecule has 5 nitrogen and oxygen atoms in total. The van der Waals surface area contributed by atoms with Crippen LogP contribution in [0.2, 0.25) is 0 Å². The molecule has 2 N–H and O–H groups in total. The molecule has 0 atom stereocenters. The standard InChI is InChI=1S/C24H20O5/c1-14(2)29-19-11-20-23(27)21(13-28-24(20)22(26)12-19)17-5-3-4-16(10-17)15-6-8-18(25)9-7-15/h3-14,25-26H,1-2H3. The Morgan fingerprint density at radius 3 is 2.34 bits per heavy atom. The number of hydrogen-bond donors (Lipinski definition) is 2. The van der Waals surface area contributed by atoms with Crippen LogP contribution in [0.25, 0.3) is 33.2 Å². The lowest BCUT2D eigenvalue weighted by atomic mass is 9.99. The minimum absolute atomic E-state index is 0.0935. The number of benzene rings is 3. The summed E-state index contributed by atoms with van der Waals surface area (Å²) in [5.74, 6) is 0.464. The third-order valence-electron chi connectivity index (χ3n) is 4.57. The topological polar surface area (TPSA) is 79.9 Å². The predicted molar refractivity (Wildman–Crippen MR) is 112 cm³/mol. The van der Waals surface area contributed by atoms with Crippen molar-refractivity contribution in [2.45, 2.75) is 20.0 Å². The van der Waals surface area contributed by atoms with Crippen LogP contribution in [0, 0.1) is 0 Å². The Balaban J connectivity index is 1.84. The molecule has 0 fully saturated rings. The molecule has 0 aliphatic rings. The summed E-state index contributed by atoms with van der Waals surface area (Å²) in [7, 11) is 0. The summed E-state index contributed by atoms with van der Waals surface area (Å²) in [4.78, 5) is 13.2. The van der Waals surface area contributed by atoms with Crippen molar-refractivity contribution in [2.24, 2.45) is 0 Å². The van der Waals surface area contributed by atoms with E-state index >= 15 is 0 Å². The number of phenols is 2. The van der Waals surface area contributed by atoms with E-state index in [2.05, 4.69) is 0 Å². The van der Waals surface area contributed by atoms with Gasteiger partial charge in [0.25, 0.3) is 0 Å². The number of ether oxygens (including phenoxy) is 1. The van der Waals surface area contributed by atoms with Crippen molar-refractivity contribution < 1.29 is 19.4 Å². The average Bonchev–Trinajstić information content (AvgIpc) is 2.69. The first-order chi connectivity index (χ1) is 13.9. The Labute approximate surface area is 167 Å². The average molecular weight is 388 g/mol. The van der Waals surface area contributed by atoms with Gasteiger partial charge in [-0.15, -0.1) is 0 Å². The SMILES string of the molecule is CC(C)Oc1cc(O)c2occ(-c3cccc(-c4ccc(O)cc4)c3)c(=O)c2c1. The third kappa shape index (κ3) is 3.67. The van der Waals surface area contributed by atoms with Crippen LogP contribution in [0.5, 0.6) is 17.2 Å². The number of rotatable bonds is 4. The molecular weight excluding hydrogens is 368 g/mol. The summed E-state index contributed by atoms with van der Waals surface area (Å²) in [6, 6.07) is 17.4. The van der Waals surface area contributed by atoms with Gasteiger partial charge in [-0.25, -0.2) is 0 Å². The molecule has 0 saturated heterocycles. The van der Waals surface area contributed by atoms with Gasteiger partial charge in [0.15, 0.2) is 11.3 Å². The number of hydrogen-bond acceptors (Lipinski definition) is 5. The predicted octanol–water partition coefficient (Wildman–Crippen LogP) is 5.33. The molecule has 4 aromatic rings. The summed E-state index contributed by atoms with van der Waals surface area (Å²) in [6.07, 6.45) is 1.27. The van der Waals surface area contributed by atoms with Crippen molar-refractivity contribution in [1.82, 2.24) is 0 Å². The molecule has 0 bridgehead atoms. The maximum atomic E-state index is 13.2. The van der Waals surface area contributed by atoms with Gasteiger partial charge >= 0.3 is 0 Å². The number of fused-ring (bicyclic) bond motifs is 1. The summed E-state index contributed by atoms with van der Waals surface area (Å²) in [5.41, 5.74) is 2.78. The molecule has 0 aliphatic heterocycles. The highest BCUT2D eigenvalue weighted by Crippen LogP contribution is 2.32. The van der Waals surface area contributed by atoms with Crippen molar-refractivity contribution in [2.75, 3.05) is 0 Å². The quantitative estimate of drug-likeness (QED) is 0.494. The highest BCUT2D eigenvalue weighted by molar-refractivity contribution is 5.87. The maximum Gasteiger partial charge on any atom is 0.200 e. The Hall–Kier alpha value is -3.73. The van der Waals surface area contributed by atoms with E-state index in [1.807, 2.05) is 50.2 Å². The van der Waals surface area contributed by atoms with E-state index in [1.54, 1.807) is 18.2 Å². The van der Waals surface area contributed by atoms with Gasteiger partial charge in [-0.3, -0.25) is 4.79 Å². The molecule has 0 amide bonds. The molecule has 4 rings (SSSR count). The van der Waals surface area contributed by atoms with E-state index in [-0.39, 0.29) is 34.0 Å². The largest absolute Gasteiger partial charge is 0.508 e. The van der Waals surface area contributed by atoms with Crippen molar-refractivity contribution in [3.63, 3.8) is 0 Å².